The van der Waals surface area contributed by atoms with Crippen molar-refractivity contribution in [2.24, 2.45) is 0 Å². The molecule has 0 radical (unpaired) electrons. The molecule has 7 nitrogen and oxygen atoms in total. The van der Waals surface area contributed by atoms with E-state index in [0.29, 0.717) is 24.4 Å². The third-order valence-electron chi connectivity index (χ3n) is 5.25. The summed E-state index contributed by atoms with van der Waals surface area (Å²) in [5.74, 6) is 0.0483. The Labute approximate surface area is 196 Å². The molecule has 0 saturated heterocycles. The summed E-state index contributed by atoms with van der Waals surface area (Å²) in [5.41, 5.74) is 2.36. The topological polar surface area (TPSA) is 79.0 Å². The van der Waals surface area contributed by atoms with Crippen molar-refractivity contribution in [3.8, 4) is 5.75 Å². The van der Waals surface area contributed by atoms with E-state index in [1.807, 2.05) is 24.3 Å². The SMILES string of the molecule is CC[C@@H](C(=O)NCc1ccc(N(CC)CC)cc1)N(c1ccc(OC)c(Cl)c1)S(C)(=O)=O. The number of nitrogens with one attached hydrogen (secondary N) is 1. The number of benzene rings is 2. The fourth-order valence-corrected chi connectivity index (χ4v) is 5.03. The van der Waals surface area contributed by atoms with Crippen LogP contribution in [0.5, 0.6) is 5.75 Å². The standard InChI is InChI=1S/C23H32ClN3O4S/c1-6-21(27(32(5,29)30)19-13-14-22(31-4)20(24)15-19)23(28)25-16-17-9-11-18(12-10-17)26(7-2)8-3/h9-15,21H,6-8,16H2,1-5H3,(H,25,28)/t21-/m0/s1. The van der Waals surface area contributed by atoms with Gasteiger partial charge in [-0.25, -0.2) is 8.42 Å². The highest BCUT2D eigenvalue weighted by atomic mass is 35.5. The summed E-state index contributed by atoms with van der Waals surface area (Å²) in [4.78, 5) is 15.2. The maximum atomic E-state index is 13.0. The molecule has 1 atom stereocenters. The molecule has 0 unspecified atom stereocenters. The second-order valence-electron chi connectivity index (χ2n) is 7.36. The molecule has 0 spiro atoms. The number of hydrogen-bond donors (Lipinski definition) is 1. The third kappa shape index (κ3) is 6.29. The molecule has 1 amide bonds. The number of ether oxygens (including phenoxy) is 1. The minimum Gasteiger partial charge on any atom is -0.495 e. The summed E-state index contributed by atoms with van der Waals surface area (Å²) in [7, 11) is -2.27. The second-order valence-corrected chi connectivity index (χ2v) is 9.62. The van der Waals surface area contributed by atoms with Crippen LogP contribution in [0.15, 0.2) is 42.5 Å². The lowest BCUT2D eigenvalue weighted by atomic mass is 10.1. The van der Waals surface area contributed by atoms with Gasteiger partial charge in [-0.3, -0.25) is 9.10 Å². The van der Waals surface area contributed by atoms with Crippen molar-refractivity contribution in [3.63, 3.8) is 0 Å². The molecule has 32 heavy (non-hydrogen) atoms. The molecule has 0 heterocycles. The Balaban J connectivity index is 2.20. The van der Waals surface area contributed by atoms with Gasteiger partial charge in [-0.15, -0.1) is 0 Å². The predicted octanol–water partition coefficient (Wildman–Crippen LogP) is 4.06. The molecule has 0 bridgehead atoms. The molecule has 2 aromatic rings. The average Bonchev–Trinajstić information content (AvgIpc) is 2.76. The van der Waals surface area contributed by atoms with Crippen molar-refractivity contribution in [1.82, 2.24) is 5.32 Å². The monoisotopic (exact) mass is 481 g/mol. The van der Waals surface area contributed by atoms with Crippen LogP contribution in [0.1, 0.15) is 32.8 Å². The number of anilines is 2. The van der Waals surface area contributed by atoms with Crippen molar-refractivity contribution in [1.29, 1.82) is 0 Å². The van der Waals surface area contributed by atoms with Crippen molar-refractivity contribution >= 4 is 38.9 Å². The van der Waals surface area contributed by atoms with Crippen LogP contribution in [-0.4, -0.2) is 46.8 Å². The highest BCUT2D eigenvalue weighted by Gasteiger charge is 2.31. The maximum absolute atomic E-state index is 13.0. The Morgan fingerprint density at radius 1 is 1.06 bits per heavy atom. The van der Waals surface area contributed by atoms with E-state index in [1.165, 1.54) is 13.2 Å². The summed E-state index contributed by atoms with van der Waals surface area (Å²) in [6.45, 7) is 8.11. The lowest BCUT2D eigenvalue weighted by Crippen LogP contribution is -2.49. The molecule has 0 saturated carbocycles. The highest BCUT2D eigenvalue weighted by molar-refractivity contribution is 7.92. The first-order chi connectivity index (χ1) is 15.2. The Morgan fingerprint density at radius 3 is 2.12 bits per heavy atom. The van der Waals surface area contributed by atoms with Crippen LogP contribution in [0.25, 0.3) is 0 Å². The van der Waals surface area contributed by atoms with Crippen molar-refractivity contribution in [2.45, 2.75) is 39.8 Å². The molecule has 0 aliphatic heterocycles. The highest BCUT2D eigenvalue weighted by Crippen LogP contribution is 2.31. The number of carbonyl (C=O) groups is 1. The summed E-state index contributed by atoms with van der Waals surface area (Å²) in [6, 6.07) is 11.7. The minimum absolute atomic E-state index is 0.266. The summed E-state index contributed by atoms with van der Waals surface area (Å²) >= 11 is 6.20. The molecule has 1 N–H and O–H groups in total. The van der Waals surface area contributed by atoms with Crippen molar-refractivity contribution in [2.75, 3.05) is 35.7 Å². The van der Waals surface area contributed by atoms with Gasteiger partial charge in [0.15, 0.2) is 0 Å². The number of sulfonamides is 1. The Morgan fingerprint density at radius 2 is 1.66 bits per heavy atom. The largest absolute Gasteiger partial charge is 0.495 e. The van der Waals surface area contributed by atoms with Gasteiger partial charge >= 0.3 is 0 Å². The number of nitrogens with zero attached hydrogens (tertiary/aromatic N) is 2. The lowest BCUT2D eigenvalue weighted by Gasteiger charge is -2.30. The fourth-order valence-electron chi connectivity index (χ4n) is 3.57. The van der Waals surface area contributed by atoms with Gasteiger partial charge in [0.2, 0.25) is 15.9 Å². The van der Waals surface area contributed by atoms with Gasteiger partial charge < -0.3 is 15.0 Å². The van der Waals surface area contributed by atoms with Gasteiger partial charge in [0.05, 0.1) is 24.1 Å². The summed E-state index contributed by atoms with van der Waals surface area (Å²) < 4.78 is 31.5. The van der Waals surface area contributed by atoms with Gasteiger partial charge in [-0.2, -0.15) is 0 Å². The van der Waals surface area contributed by atoms with Crippen LogP contribution < -0.4 is 19.3 Å². The number of carbonyl (C=O) groups excluding carboxylic acids is 1. The van der Waals surface area contributed by atoms with Crippen molar-refractivity contribution < 1.29 is 17.9 Å². The normalized spacial score (nSPS) is 12.2. The predicted molar refractivity (Wildman–Crippen MR) is 131 cm³/mol. The van der Waals surface area contributed by atoms with E-state index >= 15 is 0 Å². The van der Waals surface area contributed by atoms with Gasteiger partial charge in [0.25, 0.3) is 0 Å². The molecule has 0 fully saturated rings. The third-order valence-corrected chi connectivity index (χ3v) is 6.73. The van der Waals surface area contributed by atoms with Crippen LogP contribution in [0, 0.1) is 0 Å². The van der Waals surface area contributed by atoms with E-state index in [9.17, 15) is 13.2 Å². The number of halogens is 1. The molecular formula is C23H32ClN3O4S. The van der Waals surface area contributed by atoms with E-state index in [-0.39, 0.29) is 10.9 Å². The zero-order valence-electron chi connectivity index (χ0n) is 19.3. The van der Waals surface area contributed by atoms with E-state index < -0.39 is 16.1 Å². The van der Waals surface area contributed by atoms with E-state index in [0.717, 1.165) is 34.9 Å². The Hall–Kier alpha value is -2.45. The van der Waals surface area contributed by atoms with E-state index in [2.05, 4.69) is 24.1 Å². The van der Waals surface area contributed by atoms with Crippen LogP contribution in [0.4, 0.5) is 11.4 Å². The molecule has 0 aliphatic rings. The van der Waals surface area contributed by atoms with Gasteiger partial charge in [0, 0.05) is 25.3 Å². The second kappa shape index (κ2) is 11.4. The number of hydrogen-bond acceptors (Lipinski definition) is 5. The lowest BCUT2D eigenvalue weighted by molar-refractivity contribution is -0.122. The van der Waals surface area contributed by atoms with Gasteiger partial charge in [-0.05, 0) is 56.2 Å². The quantitative estimate of drug-likeness (QED) is 0.523. The molecule has 0 aliphatic carbocycles. The zero-order valence-corrected chi connectivity index (χ0v) is 20.8. The van der Waals surface area contributed by atoms with E-state index in [1.54, 1.807) is 19.1 Å². The molecular weight excluding hydrogens is 450 g/mol. The Kier molecular flexibility index (Phi) is 9.21. The number of methoxy groups -OCH3 is 1. The van der Waals surface area contributed by atoms with Crippen molar-refractivity contribution in [3.05, 3.63) is 53.1 Å². The number of rotatable bonds is 11. The first-order valence-corrected chi connectivity index (χ1v) is 12.8. The summed E-state index contributed by atoms with van der Waals surface area (Å²) in [5, 5.41) is 3.14. The molecule has 2 rings (SSSR count). The first kappa shape index (κ1) is 25.8. The van der Waals surface area contributed by atoms with E-state index in [4.69, 9.17) is 16.3 Å². The fraction of sp³-hybridized carbons (Fsp3) is 0.435. The zero-order chi connectivity index (χ0) is 23.9. The molecule has 9 heteroatoms. The molecule has 2 aromatic carbocycles. The van der Waals surface area contributed by atoms with Gasteiger partial charge in [-0.1, -0.05) is 30.7 Å². The minimum atomic E-state index is -3.75. The first-order valence-electron chi connectivity index (χ1n) is 10.6. The molecule has 0 aromatic heterocycles. The Bertz CT molecular complexity index is 1010. The summed E-state index contributed by atoms with van der Waals surface area (Å²) in [6.07, 6.45) is 1.37. The van der Waals surface area contributed by atoms with Crippen LogP contribution in [0.3, 0.4) is 0 Å². The molecule has 176 valence electrons. The number of amides is 1. The maximum Gasteiger partial charge on any atom is 0.244 e. The average molecular weight is 482 g/mol. The van der Waals surface area contributed by atoms with Crippen LogP contribution in [0.2, 0.25) is 5.02 Å². The van der Waals surface area contributed by atoms with Gasteiger partial charge in [0.1, 0.15) is 11.8 Å². The van der Waals surface area contributed by atoms with Crippen LogP contribution >= 0.6 is 11.6 Å². The van der Waals surface area contributed by atoms with Crippen LogP contribution in [-0.2, 0) is 21.4 Å². The smallest absolute Gasteiger partial charge is 0.244 e.